The number of guanidine groups is 1. The zero-order chi connectivity index (χ0) is 49.2. The van der Waals surface area contributed by atoms with Gasteiger partial charge in [-0.05, 0) is 83.3 Å². The van der Waals surface area contributed by atoms with Crippen molar-refractivity contribution in [3.05, 3.63) is 18.2 Å². The Morgan fingerprint density at radius 1 is 0.692 bits per heavy atom. The van der Waals surface area contributed by atoms with Crippen LogP contribution in [0.5, 0.6) is 0 Å². The van der Waals surface area contributed by atoms with Gasteiger partial charge in [0, 0.05) is 24.9 Å². The van der Waals surface area contributed by atoms with E-state index in [1.807, 2.05) is 0 Å². The van der Waals surface area contributed by atoms with Crippen molar-refractivity contribution < 1.29 is 53.4 Å². The van der Waals surface area contributed by atoms with E-state index in [1.54, 1.807) is 20.1 Å². The molecule has 1 heterocycles. The summed E-state index contributed by atoms with van der Waals surface area (Å²) in [4.78, 5) is 128. The fraction of sp³-hybridized carbons (Fsp3) is 0.667. The fourth-order valence-corrected chi connectivity index (χ4v) is 6.46. The molecule has 0 saturated heterocycles. The molecule has 8 atom stereocenters. The zero-order valence-electron chi connectivity index (χ0n) is 37.5. The van der Waals surface area contributed by atoms with Crippen LogP contribution in [-0.2, 0) is 49.6 Å². The number of hydrogen-bond acceptors (Lipinski definition) is 14. The average Bonchev–Trinajstić information content (AvgIpc) is 3.75. The lowest BCUT2D eigenvalue weighted by atomic mass is 10.0. The van der Waals surface area contributed by atoms with Crippen LogP contribution in [0.1, 0.15) is 84.8 Å². The maximum Gasteiger partial charge on any atom is 0.326 e. The summed E-state index contributed by atoms with van der Waals surface area (Å²) < 4.78 is 0. The van der Waals surface area contributed by atoms with Crippen LogP contribution < -0.4 is 60.2 Å². The number of carbonyl (C=O) groups is 9. The summed E-state index contributed by atoms with van der Waals surface area (Å²) in [7, 11) is 0. The number of carboxylic acids is 2. The maximum atomic E-state index is 13.7. The first-order valence-electron chi connectivity index (χ1n) is 21.1. The van der Waals surface area contributed by atoms with Gasteiger partial charge >= 0.3 is 11.9 Å². The van der Waals surface area contributed by atoms with Crippen molar-refractivity contribution in [1.29, 1.82) is 0 Å². The van der Waals surface area contributed by atoms with Crippen LogP contribution >= 0.6 is 11.8 Å². The number of aromatic nitrogens is 2. The van der Waals surface area contributed by atoms with Crippen molar-refractivity contribution in [2.75, 3.05) is 25.1 Å². The lowest BCUT2D eigenvalue weighted by Crippen LogP contribution is -2.59. The van der Waals surface area contributed by atoms with Gasteiger partial charge in [-0.1, -0.05) is 13.8 Å². The summed E-state index contributed by atoms with van der Waals surface area (Å²) >= 11 is 1.39. The minimum absolute atomic E-state index is 0.0671. The maximum absolute atomic E-state index is 13.7. The number of aliphatic imine (C=N–C) groups is 1. The van der Waals surface area contributed by atoms with E-state index in [4.69, 9.17) is 22.9 Å². The molecule has 25 nitrogen and oxygen atoms in total. The van der Waals surface area contributed by atoms with Crippen LogP contribution in [0.4, 0.5) is 0 Å². The summed E-state index contributed by atoms with van der Waals surface area (Å²) in [5.41, 5.74) is 22.7. The van der Waals surface area contributed by atoms with E-state index in [0.29, 0.717) is 30.7 Å². The minimum atomic E-state index is -1.70. The van der Waals surface area contributed by atoms with Crippen LogP contribution in [0, 0.1) is 5.92 Å². The fourth-order valence-electron chi connectivity index (χ4n) is 5.99. The van der Waals surface area contributed by atoms with Gasteiger partial charge in [-0.3, -0.25) is 43.3 Å². The Bertz CT molecular complexity index is 1760. The van der Waals surface area contributed by atoms with Gasteiger partial charge in [-0.15, -0.1) is 0 Å². The molecule has 1 rings (SSSR count). The Hall–Kier alpha value is -6.02. The quantitative estimate of drug-likeness (QED) is 0.0187. The molecule has 1 aromatic rings. The number of nitrogens with one attached hydrogen (secondary N) is 8. The number of unbranched alkanes of at least 4 members (excludes halogenated alkanes) is 1. The van der Waals surface area contributed by atoms with Crippen LogP contribution in [0.25, 0.3) is 0 Å². The first-order chi connectivity index (χ1) is 30.6. The topological polar surface area (TPSA) is 423 Å². The number of amides is 7. The first kappa shape index (κ1) is 57.0. The van der Waals surface area contributed by atoms with Gasteiger partial charge in [0.2, 0.25) is 41.4 Å². The highest BCUT2D eigenvalue weighted by atomic mass is 32.2. The van der Waals surface area contributed by atoms with Crippen molar-refractivity contribution in [1.82, 2.24) is 47.2 Å². The van der Waals surface area contributed by atoms with Crippen molar-refractivity contribution in [3.63, 3.8) is 0 Å². The molecular formula is C39H68N14O11S. The summed E-state index contributed by atoms with van der Waals surface area (Å²) in [5.74, 6) is -8.45. The zero-order valence-corrected chi connectivity index (χ0v) is 38.3. The molecule has 0 aliphatic carbocycles. The van der Waals surface area contributed by atoms with Gasteiger partial charge in [-0.25, -0.2) is 9.78 Å². The number of hydrogen-bond donors (Lipinski definition) is 14. The van der Waals surface area contributed by atoms with E-state index in [2.05, 4.69) is 52.2 Å². The molecule has 0 bridgehead atoms. The standard InChI is InChI=1S/C39H68N14O11S/c1-20(2)15-27(51-33(58)24(41)9-8-13-45-39(42)43)36(61)53-29(17-30(54)55)35(60)48-21(3)31(56)47-22(4)32(57)49-25(10-6-7-12-40)34(59)52-28(16-23-18-44-19-46-23)37(62)50-26(38(63)64)11-14-65-5/h18-22,24-29H,6-17,40-41H2,1-5H3,(H,44,46)(H,47,56)(H,48,60)(H,49,57)(H,50,62)(H,51,58)(H,52,59)(H,53,61)(H,54,55)(H,63,64)(H4,42,43,45). The normalized spacial score (nSPS) is 14.7. The smallest absolute Gasteiger partial charge is 0.326 e. The summed E-state index contributed by atoms with van der Waals surface area (Å²) in [6.07, 6.45) is 5.26. The number of nitrogens with two attached hydrogens (primary N) is 4. The van der Waals surface area contributed by atoms with Crippen LogP contribution in [0.15, 0.2) is 17.5 Å². The molecule has 0 spiro atoms. The lowest BCUT2D eigenvalue weighted by molar-refractivity contribution is -0.142. The molecule has 0 aliphatic heterocycles. The minimum Gasteiger partial charge on any atom is -0.481 e. The molecule has 0 aliphatic rings. The first-order valence-corrected chi connectivity index (χ1v) is 22.5. The predicted octanol–water partition coefficient (Wildman–Crippen LogP) is -3.75. The molecular weight excluding hydrogens is 873 g/mol. The number of nitrogens with zero attached hydrogens (tertiary/aromatic N) is 2. The summed E-state index contributed by atoms with van der Waals surface area (Å²) in [6, 6.07) is -10.4. The highest BCUT2D eigenvalue weighted by molar-refractivity contribution is 7.98. The number of aliphatic carboxylic acids is 2. The molecule has 0 aromatic carbocycles. The highest BCUT2D eigenvalue weighted by Crippen LogP contribution is 2.10. The molecule has 0 saturated carbocycles. The van der Waals surface area contributed by atoms with Gasteiger partial charge in [0.15, 0.2) is 5.96 Å². The van der Waals surface area contributed by atoms with Gasteiger partial charge in [-0.2, -0.15) is 11.8 Å². The van der Waals surface area contributed by atoms with Crippen molar-refractivity contribution in [3.8, 4) is 0 Å². The van der Waals surface area contributed by atoms with E-state index < -0.39 is 108 Å². The van der Waals surface area contributed by atoms with Gasteiger partial charge in [0.25, 0.3) is 0 Å². The Morgan fingerprint density at radius 2 is 1.23 bits per heavy atom. The summed E-state index contributed by atoms with van der Waals surface area (Å²) in [5, 5.41) is 36.5. The van der Waals surface area contributed by atoms with E-state index in [0.717, 1.165) is 0 Å². The second kappa shape index (κ2) is 30.2. The number of rotatable bonds is 32. The summed E-state index contributed by atoms with van der Waals surface area (Å²) in [6.45, 7) is 6.60. The van der Waals surface area contributed by atoms with Gasteiger partial charge in [0.05, 0.1) is 18.8 Å². The van der Waals surface area contributed by atoms with Gasteiger partial charge in [0.1, 0.15) is 42.3 Å². The third-order valence-electron chi connectivity index (χ3n) is 9.58. The molecule has 26 heteroatoms. The number of carboxylic acid groups (broad SMARTS) is 2. The third kappa shape index (κ3) is 22.9. The highest BCUT2D eigenvalue weighted by Gasteiger charge is 2.33. The van der Waals surface area contributed by atoms with E-state index in [9.17, 15) is 53.4 Å². The van der Waals surface area contributed by atoms with E-state index in [-0.39, 0.29) is 57.1 Å². The largest absolute Gasteiger partial charge is 0.481 e. The Kier molecular flexibility index (Phi) is 26.5. The van der Waals surface area contributed by atoms with Gasteiger partial charge < -0.3 is 75.3 Å². The Morgan fingerprint density at radius 3 is 1.78 bits per heavy atom. The monoisotopic (exact) mass is 940 g/mol. The van der Waals surface area contributed by atoms with Crippen molar-refractivity contribution in [2.24, 2.45) is 33.8 Å². The number of aromatic amines is 1. The molecule has 1 aromatic heterocycles. The number of carbonyl (C=O) groups excluding carboxylic acids is 7. The number of imidazole rings is 1. The number of H-pyrrole nitrogens is 1. The van der Waals surface area contributed by atoms with Crippen LogP contribution in [-0.4, -0.2) is 153 Å². The Balaban J connectivity index is 3.09. The van der Waals surface area contributed by atoms with Crippen molar-refractivity contribution >= 4 is 71.0 Å². The second-order valence-corrected chi connectivity index (χ2v) is 16.7. The Labute approximate surface area is 381 Å². The number of thioether (sulfide) groups is 1. The van der Waals surface area contributed by atoms with Crippen LogP contribution in [0.3, 0.4) is 0 Å². The third-order valence-corrected chi connectivity index (χ3v) is 10.2. The lowest BCUT2D eigenvalue weighted by Gasteiger charge is -2.26. The molecule has 8 unspecified atom stereocenters. The molecule has 0 radical (unpaired) electrons. The molecule has 366 valence electrons. The molecule has 7 amide bonds. The molecule has 18 N–H and O–H groups in total. The predicted molar refractivity (Wildman–Crippen MR) is 240 cm³/mol. The van der Waals surface area contributed by atoms with E-state index in [1.165, 1.54) is 38.1 Å². The van der Waals surface area contributed by atoms with E-state index >= 15 is 0 Å². The molecule has 0 fully saturated rings. The SMILES string of the molecule is CSCCC(NC(=O)C(Cc1cnc[nH]1)NC(=O)C(CCCCN)NC(=O)C(C)NC(=O)C(C)NC(=O)C(CC(=O)O)NC(=O)C(CC(C)C)NC(=O)C(N)CCCN=C(N)N)C(=O)O. The van der Waals surface area contributed by atoms with Crippen LogP contribution in [0.2, 0.25) is 0 Å². The molecule has 65 heavy (non-hydrogen) atoms. The average molecular weight is 941 g/mol. The second-order valence-electron chi connectivity index (χ2n) is 15.7. The van der Waals surface area contributed by atoms with Crippen molar-refractivity contribution in [2.45, 2.75) is 134 Å².